The van der Waals surface area contributed by atoms with Crippen molar-refractivity contribution in [3.05, 3.63) is 40.1 Å². The van der Waals surface area contributed by atoms with Gasteiger partial charge in [-0.2, -0.15) is 0 Å². The number of carboxylic acid groups (broad SMARTS) is 1. The van der Waals surface area contributed by atoms with Gasteiger partial charge in [-0.3, -0.25) is 4.57 Å². The van der Waals surface area contributed by atoms with Crippen LogP contribution in [0, 0.1) is 0 Å². The summed E-state index contributed by atoms with van der Waals surface area (Å²) in [6.45, 7) is 0. The molecule has 0 aromatic carbocycles. The molecule has 2 heterocycles. The summed E-state index contributed by atoms with van der Waals surface area (Å²) in [6.07, 6.45) is 1.43. The van der Waals surface area contributed by atoms with Crippen molar-refractivity contribution in [3.8, 4) is 0 Å². The topological polar surface area (TPSA) is 101 Å². The normalized spacial score (nSPS) is 10.5. The van der Waals surface area contributed by atoms with Crippen molar-refractivity contribution in [1.29, 1.82) is 0 Å². The fourth-order valence-electron chi connectivity index (χ4n) is 1.35. The summed E-state index contributed by atoms with van der Waals surface area (Å²) in [5, 5.41) is 15.6. The highest BCUT2D eigenvalue weighted by molar-refractivity contribution is 7.98. The predicted octanol–water partition coefficient (Wildman–Crippen LogP) is 0.494. The van der Waals surface area contributed by atoms with E-state index in [4.69, 9.17) is 5.11 Å². The van der Waals surface area contributed by atoms with E-state index in [0.29, 0.717) is 16.5 Å². The quantitative estimate of drug-likeness (QED) is 0.781. The van der Waals surface area contributed by atoms with E-state index in [1.807, 2.05) is 0 Å². The first-order chi connectivity index (χ1) is 8.59. The van der Waals surface area contributed by atoms with Gasteiger partial charge in [-0.1, -0.05) is 17.8 Å². The molecule has 0 fully saturated rings. The van der Waals surface area contributed by atoms with Crippen LogP contribution in [0.15, 0.2) is 28.3 Å². The Labute approximate surface area is 106 Å². The number of thioether (sulfide) groups is 1. The molecule has 0 aliphatic rings. The highest BCUT2D eigenvalue weighted by Gasteiger charge is 2.12. The lowest BCUT2D eigenvalue weighted by atomic mass is 10.2. The van der Waals surface area contributed by atoms with Crippen LogP contribution in [0.2, 0.25) is 0 Å². The van der Waals surface area contributed by atoms with Crippen LogP contribution >= 0.6 is 11.8 Å². The van der Waals surface area contributed by atoms with Gasteiger partial charge in [0.2, 0.25) is 0 Å². The van der Waals surface area contributed by atoms with Crippen molar-refractivity contribution in [3.63, 3.8) is 0 Å². The number of hydrogen-bond donors (Lipinski definition) is 2. The molecule has 2 rings (SSSR count). The van der Waals surface area contributed by atoms with Crippen LogP contribution in [0.4, 0.5) is 0 Å². The molecule has 0 atom stereocenters. The van der Waals surface area contributed by atoms with Gasteiger partial charge in [0, 0.05) is 19.0 Å². The highest BCUT2D eigenvalue weighted by atomic mass is 32.2. The molecule has 94 valence electrons. The third kappa shape index (κ3) is 2.43. The van der Waals surface area contributed by atoms with Crippen LogP contribution in [0.3, 0.4) is 0 Å². The van der Waals surface area contributed by atoms with Crippen LogP contribution in [-0.2, 0) is 12.8 Å². The number of pyridine rings is 1. The zero-order chi connectivity index (χ0) is 13.1. The van der Waals surface area contributed by atoms with Crippen LogP contribution in [0.5, 0.6) is 0 Å². The summed E-state index contributed by atoms with van der Waals surface area (Å²) in [5.74, 6) is -0.685. The second-order valence-electron chi connectivity index (χ2n) is 3.48. The Morgan fingerprint density at radius 3 is 3.00 bits per heavy atom. The van der Waals surface area contributed by atoms with Crippen LogP contribution in [0.1, 0.15) is 16.1 Å². The minimum absolute atomic E-state index is 0.0190. The SMILES string of the molecule is Cn1c(SCc2cccnc2C(=O)O)n[nH]c1=O. The number of carboxylic acids is 1. The zero-order valence-corrected chi connectivity index (χ0v) is 10.3. The van der Waals surface area contributed by atoms with E-state index < -0.39 is 5.97 Å². The lowest BCUT2D eigenvalue weighted by molar-refractivity contribution is 0.0689. The molecule has 2 aromatic rings. The highest BCUT2D eigenvalue weighted by Crippen LogP contribution is 2.20. The molecule has 0 bridgehead atoms. The van der Waals surface area contributed by atoms with Gasteiger partial charge in [-0.15, -0.1) is 5.10 Å². The fraction of sp³-hybridized carbons (Fsp3) is 0.200. The molecule has 0 spiro atoms. The molecule has 0 amide bonds. The summed E-state index contributed by atoms with van der Waals surface area (Å²) in [4.78, 5) is 25.9. The van der Waals surface area contributed by atoms with Crippen LogP contribution in [0.25, 0.3) is 0 Å². The first kappa shape index (κ1) is 12.4. The summed E-state index contributed by atoms with van der Waals surface area (Å²) < 4.78 is 1.36. The monoisotopic (exact) mass is 266 g/mol. The largest absolute Gasteiger partial charge is 0.477 e. The Morgan fingerprint density at radius 1 is 1.61 bits per heavy atom. The van der Waals surface area contributed by atoms with Gasteiger partial charge in [-0.05, 0) is 11.6 Å². The third-order valence-corrected chi connectivity index (χ3v) is 3.37. The number of aromatic carboxylic acids is 1. The van der Waals surface area contributed by atoms with Crippen molar-refractivity contribution in [2.75, 3.05) is 0 Å². The second kappa shape index (κ2) is 5.05. The Balaban J connectivity index is 2.18. The van der Waals surface area contributed by atoms with Gasteiger partial charge < -0.3 is 5.11 Å². The molecule has 0 radical (unpaired) electrons. The van der Waals surface area contributed by atoms with Crippen molar-refractivity contribution in [1.82, 2.24) is 19.7 Å². The molecule has 2 aromatic heterocycles. The van der Waals surface area contributed by atoms with Gasteiger partial charge in [0.05, 0.1) is 0 Å². The predicted molar refractivity (Wildman–Crippen MR) is 64.6 cm³/mol. The van der Waals surface area contributed by atoms with Gasteiger partial charge in [0.15, 0.2) is 10.9 Å². The average molecular weight is 266 g/mol. The molecule has 0 saturated carbocycles. The van der Waals surface area contributed by atoms with Crippen LogP contribution in [-0.4, -0.2) is 30.8 Å². The Kier molecular flexibility index (Phi) is 3.47. The molecular weight excluding hydrogens is 256 g/mol. The zero-order valence-electron chi connectivity index (χ0n) is 9.45. The number of aromatic amines is 1. The van der Waals surface area contributed by atoms with E-state index in [-0.39, 0.29) is 11.4 Å². The Hall–Kier alpha value is -2.09. The molecule has 0 aliphatic heterocycles. The Bertz CT molecular complexity index is 634. The standard InChI is InChI=1S/C10H10N4O3S/c1-14-9(17)12-13-10(14)18-5-6-3-2-4-11-7(6)8(15)16/h2-4H,5H2,1H3,(H,12,17)(H,15,16). The number of hydrogen-bond acceptors (Lipinski definition) is 5. The molecule has 0 saturated heterocycles. The van der Waals surface area contributed by atoms with Crippen molar-refractivity contribution in [2.45, 2.75) is 10.9 Å². The lowest BCUT2D eigenvalue weighted by Gasteiger charge is -2.03. The molecule has 18 heavy (non-hydrogen) atoms. The molecule has 0 aliphatic carbocycles. The smallest absolute Gasteiger partial charge is 0.354 e. The van der Waals surface area contributed by atoms with E-state index >= 15 is 0 Å². The molecule has 0 unspecified atom stereocenters. The molecule has 8 heteroatoms. The van der Waals surface area contributed by atoms with Crippen LogP contribution < -0.4 is 5.69 Å². The molecular formula is C10H10N4O3S. The maximum atomic E-state index is 11.2. The maximum absolute atomic E-state index is 11.2. The fourth-order valence-corrected chi connectivity index (χ4v) is 2.26. The van der Waals surface area contributed by atoms with Crippen molar-refractivity contribution < 1.29 is 9.90 Å². The minimum Gasteiger partial charge on any atom is -0.477 e. The maximum Gasteiger partial charge on any atom is 0.354 e. The molecule has 7 nitrogen and oxygen atoms in total. The van der Waals surface area contributed by atoms with Crippen molar-refractivity contribution >= 4 is 17.7 Å². The number of nitrogens with one attached hydrogen (secondary N) is 1. The van der Waals surface area contributed by atoms with Gasteiger partial charge >= 0.3 is 11.7 Å². The van der Waals surface area contributed by atoms with E-state index in [9.17, 15) is 9.59 Å². The summed E-state index contributed by atoms with van der Waals surface area (Å²) >= 11 is 1.27. The molecule has 2 N–H and O–H groups in total. The average Bonchev–Trinajstić information content (AvgIpc) is 2.68. The first-order valence-electron chi connectivity index (χ1n) is 5.01. The first-order valence-corrected chi connectivity index (χ1v) is 5.99. The lowest BCUT2D eigenvalue weighted by Crippen LogP contribution is -2.13. The van der Waals surface area contributed by atoms with Crippen molar-refractivity contribution in [2.24, 2.45) is 7.05 Å². The van der Waals surface area contributed by atoms with Gasteiger partial charge in [0.25, 0.3) is 0 Å². The Morgan fingerprint density at radius 2 is 2.39 bits per heavy atom. The number of nitrogens with zero attached hydrogens (tertiary/aromatic N) is 3. The summed E-state index contributed by atoms with van der Waals surface area (Å²) in [6, 6.07) is 3.36. The summed E-state index contributed by atoms with van der Waals surface area (Å²) in [7, 11) is 1.59. The van der Waals surface area contributed by atoms with Gasteiger partial charge in [0.1, 0.15) is 0 Å². The number of carbonyl (C=O) groups is 1. The van der Waals surface area contributed by atoms with Gasteiger partial charge in [-0.25, -0.2) is 19.7 Å². The third-order valence-electron chi connectivity index (χ3n) is 2.29. The minimum atomic E-state index is -1.07. The van der Waals surface area contributed by atoms with E-state index in [0.717, 1.165) is 0 Å². The van der Waals surface area contributed by atoms with E-state index in [2.05, 4.69) is 15.2 Å². The number of rotatable bonds is 4. The number of H-pyrrole nitrogens is 1. The van der Waals surface area contributed by atoms with E-state index in [1.165, 1.54) is 22.5 Å². The number of aromatic nitrogens is 4. The summed E-state index contributed by atoms with van der Waals surface area (Å²) in [5.41, 5.74) is 0.304. The second-order valence-corrected chi connectivity index (χ2v) is 4.42. The van der Waals surface area contributed by atoms with E-state index in [1.54, 1.807) is 19.2 Å².